The minimum absolute atomic E-state index is 0.675. The van der Waals surface area contributed by atoms with Gasteiger partial charge in [0.05, 0.1) is 0 Å². The summed E-state index contributed by atoms with van der Waals surface area (Å²) in [7, 11) is 0. The highest BCUT2D eigenvalue weighted by atomic mass is 15.3. The molecule has 2 fully saturated rings. The molecule has 19 heavy (non-hydrogen) atoms. The Bertz CT molecular complexity index is 400. The first-order chi connectivity index (χ1) is 9.34. The maximum Gasteiger partial charge on any atom is 0.133 e. The molecule has 1 aromatic rings. The van der Waals surface area contributed by atoms with Crippen LogP contribution in [0.25, 0.3) is 0 Å². The lowest BCUT2D eigenvalue weighted by atomic mass is 9.94. The zero-order chi connectivity index (χ0) is 13.1. The van der Waals surface area contributed by atoms with Gasteiger partial charge in [-0.3, -0.25) is 0 Å². The summed E-state index contributed by atoms with van der Waals surface area (Å²) in [5.41, 5.74) is 0. The van der Waals surface area contributed by atoms with Crippen molar-refractivity contribution in [1.82, 2.24) is 20.1 Å². The van der Waals surface area contributed by atoms with Crippen molar-refractivity contribution in [2.24, 2.45) is 5.92 Å². The molecule has 1 aromatic heterocycles. The summed E-state index contributed by atoms with van der Waals surface area (Å²) in [6.07, 6.45) is 10.4. The molecular formula is C15H26N4. The summed E-state index contributed by atoms with van der Waals surface area (Å²) in [4.78, 5) is 0. The maximum absolute atomic E-state index is 4.44. The second kappa shape index (κ2) is 6.04. The summed E-state index contributed by atoms with van der Waals surface area (Å²) in [6, 6.07) is 0.675. The number of rotatable bonds is 4. The number of hydrogen-bond acceptors (Lipinski definition) is 3. The number of nitrogens with one attached hydrogen (secondary N) is 1. The Morgan fingerprint density at radius 1 is 1.16 bits per heavy atom. The topological polar surface area (TPSA) is 42.7 Å². The van der Waals surface area contributed by atoms with Crippen LogP contribution < -0.4 is 5.32 Å². The lowest BCUT2D eigenvalue weighted by Crippen LogP contribution is -2.30. The summed E-state index contributed by atoms with van der Waals surface area (Å²) in [5.74, 6) is 3.18. The van der Waals surface area contributed by atoms with E-state index in [4.69, 9.17) is 0 Å². The smallest absolute Gasteiger partial charge is 0.133 e. The van der Waals surface area contributed by atoms with Crippen LogP contribution >= 0.6 is 0 Å². The van der Waals surface area contributed by atoms with E-state index in [0.717, 1.165) is 18.2 Å². The Morgan fingerprint density at radius 2 is 2.00 bits per heavy atom. The van der Waals surface area contributed by atoms with Gasteiger partial charge in [0.25, 0.3) is 0 Å². The summed E-state index contributed by atoms with van der Waals surface area (Å²) in [5, 5.41) is 12.3. The second-order valence-corrected chi connectivity index (χ2v) is 6.22. The monoisotopic (exact) mass is 262 g/mol. The SMILES string of the molecule is Cc1nnc(CCC2CCCNC2)n1C1CCCC1. The second-order valence-electron chi connectivity index (χ2n) is 6.22. The molecule has 1 unspecified atom stereocenters. The van der Waals surface area contributed by atoms with E-state index in [1.165, 1.54) is 63.9 Å². The molecule has 1 aliphatic heterocycles. The molecule has 2 aliphatic rings. The zero-order valence-electron chi connectivity index (χ0n) is 12.1. The normalized spacial score (nSPS) is 25.0. The van der Waals surface area contributed by atoms with Crippen molar-refractivity contribution in [3.8, 4) is 0 Å². The van der Waals surface area contributed by atoms with Crippen molar-refractivity contribution in [3.05, 3.63) is 11.6 Å². The Hall–Kier alpha value is -0.900. The number of aromatic nitrogens is 3. The van der Waals surface area contributed by atoms with Crippen molar-refractivity contribution in [3.63, 3.8) is 0 Å². The third-order valence-electron chi connectivity index (χ3n) is 4.80. The molecule has 4 nitrogen and oxygen atoms in total. The Balaban J connectivity index is 1.63. The number of piperidine rings is 1. The molecule has 1 saturated heterocycles. The fourth-order valence-electron chi connectivity index (χ4n) is 3.72. The highest BCUT2D eigenvalue weighted by Gasteiger charge is 2.23. The van der Waals surface area contributed by atoms with Gasteiger partial charge < -0.3 is 9.88 Å². The fraction of sp³-hybridized carbons (Fsp3) is 0.867. The molecule has 0 spiro atoms. The summed E-state index contributed by atoms with van der Waals surface area (Å²) >= 11 is 0. The fourth-order valence-corrected chi connectivity index (χ4v) is 3.72. The highest BCUT2D eigenvalue weighted by molar-refractivity contribution is 4.99. The van der Waals surface area contributed by atoms with Crippen molar-refractivity contribution >= 4 is 0 Å². The molecule has 1 atom stereocenters. The first-order valence-corrected chi connectivity index (χ1v) is 7.95. The lowest BCUT2D eigenvalue weighted by molar-refractivity contribution is 0.352. The van der Waals surface area contributed by atoms with Crippen molar-refractivity contribution in [2.75, 3.05) is 13.1 Å². The van der Waals surface area contributed by atoms with Crippen LogP contribution in [0, 0.1) is 12.8 Å². The van der Waals surface area contributed by atoms with E-state index in [9.17, 15) is 0 Å². The molecule has 4 heteroatoms. The minimum Gasteiger partial charge on any atom is -0.316 e. The Morgan fingerprint density at radius 3 is 2.74 bits per heavy atom. The van der Waals surface area contributed by atoms with Gasteiger partial charge >= 0.3 is 0 Å². The first kappa shape index (κ1) is 13.1. The molecule has 3 rings (SSSR count). The van der Waals surface area contributed by atoms with Gasteiger partial charge in [-0.2, -0.15) is 0 Å². The van der Waals surface area contributed by atoms with Gasteiger partial charge in [-0.05, 0) is 58.0 Å². The molecule has 1 saturated carbocycles. The molecule has 0 bridgehead atoms. The third-order valence-corrected chi connectivity index (χ3v) is 4.80. The Kier molecular flexibility index (Phi) is 4.16. The highest BCUT2D eigenvalue weighted by Crippen LogP contribution is 2.31. The van der Waals surface area contributed by atoms with Crippen LogP contribution in [-0.4, -0.2) is 27.9 Å². The van der Waals surface area contributed by atoms with Crippen LogP contribution in [0.15, 0.2) is 0 Å². The zero-order valence-corrected chi connectivity index (χ0v) is 12.1. The molecule has 0 radical (unpaired) electrons. The number of nitrogens with zero attached hydrogens (tertiary/aromatic N) is 3. The largest absolute Gasteiger partial charge is 0.316 e. The van der Waals surface area contributed by atoms with E-state index >= 15 is 0 Å². The van der Waals surface area contributed by atoms with Crippen molar-refractivity contribution in [1.29, 1.82) is 0 Å². The van der Waals surface area contributed by atoms with E-state index in [-0.39, 0.29) is 0 Å². The minimum atomic E-state index is 0.675. The summed E-state index contributed by atoms with van der Waals surface area (Å²) in [6.45, 7) is 4.50. The number of hydrogen-bond donors (Lipinski definition) is 1. The van der Waals surface area contributed by atoms with Crippen LogP contribution in [0.5, 0.6) is 0 Å². The van der Waals surface area contributed by atoms with Gasteiger partial charge in [0.15, 0.2) is 0 Å². The predicted molar refractivity (Wildman–Crippen MR) is 76.2 cm³/mol. The quantitative estimate of drug-likeness (QED) is 0.907. The van der Waals surface area contributed by atoms with Crippen LogP contribution in [-0.2, 0) is 6.42 Å². The molecule has 1 aliphatic carbocycles. The van der Waals surface area contributed by atoms with Gasteiger partial charge in [0.1, 0.15) is 11.6 Å². The molecule has 106 valence electrons. The van der Waals surface area contributed by atoms with Gasteiger partial charge in [-0.1, -0.05) is 12.8 Å². The van der Waals surface area contributed by atoms with Gasteiger partial charge in [0, 0.05) is 12.5 Å². The molecular weight excluding hydrogens is 236 g/mol. The summed E-state index contributed by atoms with van der Waals surface area (Å²) < 4.78 is 2.43. The van der Waals surface area contributed by atoms with E-state index in [0.29, 0.717) is 6.04 Å². The molecule has 0 amide bonds. The van der Waals surface area contributed by atoms with Gasteiger partial charge in [-0.15, -0.1) is 10.2 Å². The van der Waals surface area contributed by atoms with Crippen LogP contribution in [0.1, 0.15) is 62.6 Å². The average molecular weight is 262 g/mol. The third kappa shape index (κ3) is 2.99. The Labute approximate surface area is 116 Å². The lowest BCUT2D eigenvalue weighted by Gasteiger charge is -2.23. The van der Waals surface area contributed by atoms with Crippen LogP contribution in [0.4, 0.5) is 0 Å². The molecule has 0 aromatic carbocycles. The van der Waals surface area contributed by atoms with Gasteiger partial charge in [0.2, 0.25) is 0 Å². The predicted octanol–water partition coefficient (Wildman–Crippen LogP) is 2.63. The van der Waals surface area contributed by atoms with E-state index in [1.54, 1.807) is 0 Å². The molecule has 2 heterocycles. The van der Waals surface area contributed by atoms with Crippen molar-refractivity contribution in [2.45, 2.75) is 64.3 Å². The molecule has 1 N–H and O–H groups in total. The van der Waals surface area contributed by atoms with Crippen LogP contribution in [0.3, 0.4) is 0 Å². The standard InChI is InChI=1S/C15H26N4/c1-12-17-18-15(19(12)14-6-2-3-7-14)9-8-13-5-4-10-16-11-13/h13-14,16H,2-11H2,1H3. The van der Waals surface area contributed by atoms with Crippen molar-refractivity contribution < 1.29 is 0 Å². The van der Waals surface area contributed by atoms with Crippen LogP contribution in [0.2, 0.25) is 0 Å². The van der Waals surface area contributed by atoms with E-state index in [2.05, 4.69) is 27.0 Å². The van der Waals surface area contributed by atoms with Gasteiger partial charge in [-0.25, -0.2) is 0 Å². The number of aryl methyl sites for hydroxylation is 2. The first-order valence-electron chi connectivity index (χ1n) is 7.95. The average Bonchev–Trinajstić information content (AvgIpc) is 3.07. The maximum atomic E-state index is 4.44. The van der Waals surface area contributed by atoms with E-state index in [1.807, 2.05) is 0 Å². The van der Waals surface area contributed by atoms with E-state index < -0.39 is 0 Å².